The maximum absolute atomic E-state index is 10.6. The lowest BCUT2D eigenvalue weighted by atomic mass is 10.1. The fourth-order valence-corrected chi connectivity index (χ4v) is 2.36. The summed E-state index contributed by atoms with van der Waals surface area (Å²) in [6.07, 6.45) is 0.803. The van der Waals surface area contributed by atoms with Crippen molar-refractivity contribution in [2.45, 2.75) is 26.0 Å². The summed E-state index contributed by atoms with van der Waals surface area (Å²) in [5, 5.41) is 15.3. The van der Waals surface area contributed by atoms with Crippen LogP contribution in [0.1, 0.15) is 37.3 Å². The van der Waals surface area contributed by atoms with Crippen LogP contribution in [0.4, 0.5) is 5.69 Å². The Morgan fingerprint density at radius 2 is 1.80 bits per heavy atom. The average molecular weight is 294 g/mol. The van der Waals surface area contributed by atoms with Crippen LogP contribution in [-0.2, 0) is 0 Å². The molecular weight excluding hydrogens is 274 g/mol. The van der Waals surface area contributed by atoms with Crippen molar-refractivity contribution < 1.29 is 5.11 Å². The van der Waals surface area contributed by atoms with Crippen LogP contribution in [0.25, 0.3) is 0 Å². The average Bonchev–Trinajstić information content (AvgIpc) is 2.80. The number of nitrogens with zero attached hydrogens (tertiary/aromatic N) is 3. The molecule has 4 nitrogen and oxygen atoms in total. The molecule has 0 aliphatic heterocycles. The van der Waals surface area contributed by atoms with Crippen molar-refractivity contribution in [3.63, 3.8) is 0 Å². The molecule has 2 rings (SSSR count). The van der Waals surface area contributed by atoms with Crippen LogP contribution in [-0.4, -0.2) is 29.0 Å². The van der Waals surface area contributed by atoms with E-state index in [4.69, 9.17) is 11.6 Å². The highest BCUT2D eigenvalue weighted by atomic mass is 35.5. The minimum atomic E-state index is -0.774. The largest absolute Gasteiger partial charge is 0.382 e. The van der Waals surface area contributed by atoms with E-state index in [1.165, 1.54) is 0 Å². The summed E-state index contributed by atoms with van der Waals surface area (Å²) in [5.74, 6) is 0. The van der Waals surface area contributed by atoms with E-state index in [9.17, 15) is 5.11 Å². The number of hydrogen-bond acceptors (Lipinski definition) is 3. The number of aromatic nitrogens is 2. The maximum Gasteiger partial charge on any atom is 0.122 e. The molecule has 0 fully saturated rings. The van der Waals surface area contributed by atoms with Gasteiger partial charge in [0.1, 0.15) is 6.10 Å². The van der Waals surface area contributed by atoms with E-state index in [-0.39, 0.29) is 6.04 Å². The third-order valence-corrected chi connectivity index (χ3v) is 3.55. The van der Waals surface area contributed by atoms with E-state index in [0.717, 1.165) is 11.3 Å². The van der Waals surface area contributed by atoms with E-state index < -0.39 is 6.10 Å². The van der Waals surface area contributed by atoms with Gasteiger partial charge in [-0.25, -0.2) is 0 Å². The number of halogens is 1. The SMILES string of the molecule is CC(C)n1ncc(Cl)c1C(O)c1ccc(N(C)C)cc1. The number of rotatable bonds is 4. The topological polar surface area (TPSA) is 41.3 Å². The van der Waals surface area contributed by atoms with Crippen molar-refractivity contribution in [2.75, 3.05) is 19.0 Å². The van der Waals surface area contributed by atoms with Gasteiger partial charge in [-0.3, -0.25) is 4.68 Å². The molecule has 20 heavy (non-hydrogen) atoms. The van der Waals surface area contributed by atoms with Crippen LogP contribution in [0, 0.1) is 0 Å². The van der Waals surface area contributed by atoms with Crippen LogP contribution in [0.5, 0.6) is 0 Å². The highest BCUT2D eigenvalue weighted by Gasteiger charge is 2.21. The van der Waals surface area contributed by atoms with Gasteiger partial charge >= 0.3 is 0 Å². The number of benzene rings is 1. The molecule has 1 heterocycles. The molecule has 5 heteroatoms. The van der Waals surface area contributed by atoms with Crippen LogP contribution < -0.4 is 4.90 Å². The Bertz CT molecular complexity index is 575. The number of aliphatic hydroxyl groups excluding tert-OH is 1. The zero-order valence-corrected chi connectivity index (χ0v) is 13.0. The van der Waals surface area contributed by atoms with E-state index in [2.05, 4.69) is 5.10 Å². The van der Waals surface area contributed by atoms with Crippen molar-refractivity contribution in [1.29, 1.82) is 0 Å². The molecule has 108 valence electrons. The zero-order chi connectivity index (χ0) is 14.9. The van der Waals surface area contributed by atoms with Crippen LogP contribution in [0.15, 0.2) is 30.5 Å². The number of aliphatic hydroxyl groups is 1. The standard InChI is InChI=1S/C15H20ClN3O/c1-10(2)19-14(13(16)9-17-19)15(20)11-5-7-12(8-6-11)18(3)4/h5-10,15,20H,1-4H3. The molecule has 0 radical (unpaired) electrons. The van der Waals surface area contributed by atoms with Crippen molar-refractivity contribution >= 4 is 17.3 Å². The summed E-state index contributed by atoms with van der Waals surface area (Å²) in [6, 6.07) is 7.92. The fourth-order valence-electron chi connectivity index (χ4n) is 2.13. The van der Waals surface area contributed by atoms with Gasteiger partial charge < -0.3 is 10.0 Å². The van der Waals surface area contributed by atoms with Gasteiger partial charge in [-0.1, -0.05) is 23.7 Å². The van der Waals surface area contributed by atoms with E-state index in [1.807, 2.05) is 57.1 Å². The summed E-state index contributed by atoms with van der Waals surface area (Å²) in [7, 11) is 3.96. The molecule has 0 amide bonds. The van der Waals surface area contributed by atoms with Crippen LogP contribution >= 0.6 is 11.6 Å². The minimum absolute atomic E-state index is 0.146. The summed E-state index contributed by atoms with van der Waals surface area (Å²) in [4.78, 5) is 2.02. The molecule has 1 aromatic carbocycles. The second kappa shape index (κ2) is 5.85. The minimum Gasteiger partial charge on any atom is -0.382 e. The lowest BCUT2D eigenvalue weighted by molar-refractivity contribution is 0.205. The molecule has 0 saturated carbocycles. The van der Waals surface area contributed by atoms with Crippen LogP contribution in [0.3, 0.4) is 0 Å². The predicted molar refractivity (Wildman–Crippen MR) is 82.5 cm³/mol. The molecule has 1 unspecified atom stereocenters. The molecule has 1 N–H and O–H groups in total. The highest BCUT2D eigenvalue weighted by Crippen LogP contribution is 2.30. The van der Waals surface area contributed by atoms with Gasteiger partial charge in [0.15, 0.2) is 0 Å². The first kappa shape index (κ1) is 14.9. The Hall–Kier alpha value is -1.52. The Morgan fingerprint density at radius 1 is 1.20 bits per heavy atom. The molecule has 1 atom stereocenters. The third kappa shape index (κ3) is 2.81. The van der Waals surface area contributed by atoms with Gasteiger partial charge in [0.2, 0.25) is 0 Å². The predicted octanol–water partition coefficient (Wildman–Crippen LogP) is 3.27. The van der Waals surface area contributed by atoms with Crippen molar-refractivity contribution in [3.05, 3.63) is 46.7 Å². The molecule has 0 aliphatic carbocycles. The van der Waals surface area contributed by atoms with Gasteiger partial charge in [0.25, 0.3) is 0 Å². The smallest absolute Gasteiger partial charge is 0.122 e. The Morgan fingerprint density at radius 3 is 2.30 bits per heavy atom. The summed E-state index contributed by atoms with van der Waals surface area (Å²) in [6.45, 7) is 4.02. The Balaban J connectivity index is 2.36. The molecule has 0 aliphatic rings. The second-order valence-electron chi connectivity index (χ2n) is 5.30. The summed E-state index contributed by atoms with van der Waals surface area (Å²) in [5.41, 5.74) is 2.53. The van der Waals surface area contributed by atoms with Crippen molar-refractivity contribution in [1.82, 2.24) is 9.78 Å². The quantitative estimate of drug-likeness (QED) is 0.941. The second-order valence-corrected chi connectivity index (χ2v) is 5.71. The van der Waals surface area contributed by atoms with Gasteiger partial charge in [0, 0.05) is 25.8 Å². The Kier molecular flexibility index (Phi) is 4.35. The number of anilines is 1. The molecule has 0 spiro atoms. The number of hydrogen-bond donors (Lipinski definition) is 1. The molecule has 2 aromatic rings. The fraction of sp³-hybridized carbons (Fsp3) is 0.400. The Labute approximate surface area is 124 Å². The highest BCUT2D eigenvalue weighted by molar-refractivity contribution is 6.31. The first-order valence-electron chi connectivity index (χ1n) is 6.60. The first-order chi connectivity index (χ1) is 9.41. The summed E-state index contributed by atoms with van der Waals surface area (Å²) >= 11 is 6.16. The zero-order valence-electron chi connectivity index (χ0n) is 12.2. The van der Waals surface area contributed by atoms with Crippen molar-refractivity contribution in [2.24, 2.45) is 0 Å². The van der Waals surface area contributed by atoms with Crippen LogP contribution in [0.2, 0.25) is 5.02 Å². The van der Waals surface area contributed by atoms with E-state index >= 15 is 0 Å². The van der Waals surface area contributed by atoms with Gasteiger partial charge in [-0.05, 0) is 31.5 Å². The van der Waals surface area contributed by atoms with E-state index in [1.54, 1.807) is 10.9 Å². The van der Waals surface area contributed by atoms with Gasteiger partial charge in [0.05, 0.1) is 16.9 Å². The summed E-state index contributed by atoms with van der Waals surface area (Å²) < 4.78 is 1.76. The molecule has 1 aromatic heterocycles. The lowest BCUT2D eigenvalue weighted by Gasteiger charge is -2.18. The molecule has 0 saturated heterocycles. The monoisotopic (exact) mass is 293 g/mol. The molecular formula is C15H20ClN3O. The normalized spacial score (nSPS) is 12.8. The van der Waals surface area contributed by atoms with Gasteiger partial charge in [-0.2, -0.15) is 5.10 Å². The van der Waals surface area contributed by atoms with Crippen molar-refractivity contribution in [3.8, 4) is 0 Å². The maximum atomic E-state index is 10.6. The third-order valence-electron chi connectivity index (χ3n) is 3.26. The molecule has 0 bridgehead atoms. The van der Waals surface area contributed by atoms with E-state index in [0.29, 0.717) is 10.7 Å². The lowest BCUT2D eigenvalue weighted by Crippen LogP contribution is -2.13. The van der Waals surface area contributed by atoms with Gasteiger partial charge in [-0.15, -0.1) is 0 Å². The first-order valence-corrected chi connectivity index (χ1v) is 6.98.